The van der Waals surface area contributed by atoms with Crippen molar-refractivity contribution >= 4 is 15.8 Å². The highest BCUT2D eigenvalue weighted by Crippen LogP contribution is 2.20. The van der Waals surface area contributed by atoms with Crippen molar-refractivity contribution in [3.8, 4) is 5.82 Å². The van der Waals surface area contributed by atoms with E-state index in [1.165, 1.54) is 10.6 Å². The standard InChI is InChI=1S/C18H18F2N6O2S/c19-15-2-3-16(20)14(10-15)12-29(27,28)25-8-6-24(7-9-25)17-11-18(22-13-21-17)26-5-1-4-23-26/h1-5,10-11,13H,6-9,12H2. The van der Waals surface area contributed by atoms with E-state index in [0.29, 0.717) is 24.7 Å². The van der Waals surface area contributed by atoms with E-state index < -0.39 is 27.4 Å². The summed E-state index contributed by atoms with van der Waals surface area (Å²) >= 11 is 0. The number of hydrogen-bond donors (Lipinski definition) is 0. The average Bonchev–Trinajstić information content (AvgIpc) is 3.26. The van der Waals surface area contributed by atoms with Crippen molar-refractivity contribution in [3.63, 3.8) is 0 Å². The van der Waals surface area contributed by atoms with E-state index in [9.17, 15) is 17.2 Å². The fourth-order valence-electron chi connectivity index (χ4n) is 3.18. The predicted octanol–water partition coefficient (Wildman–Crippen LogP) is 1.59. The van der Waals surface area contributed by atoms with Crippen molar-refractivity contribution < 1.29 is 17.2 Å². The maximum absolute atomic E-state index is 13.8. The molecule has 1 aliphatic rings. The van der Waals surface area contributed by atoms with Crippen molar-refractivity contribution in [2.75, 3.05) is 31.1 Å². The molecule has 152 valence electrons. The molecule has 0 spiro atoms. The zero-order chi connectivity index (χ0) is 20.4. The smallest absolute Gasteiger partial charge is 0.218 e. The Labute approximate surface area is 166 Å². The number of anilines is 1. The van der Waals surface area contributed by atoms with Crippen molar-refractivity contribution in [3.05, 3.63) is 66.3 Å². The number of hydrogen-bond acceptors (Lipinski definition) is 6. The fourth-order valence-corrected chi connectivity index (χ4v) is 4.69. The minimum Gasteiger partial charge on any atom is -0.354 e. The Morgan fingerprint density at radius 3 is 2.48 bits per heavy atom. The molecule has 0 radical (unpaired) electrons. The van der Waals surface area contributed by atoms with Crippen LogP contribution in [0.3, 0.4) is 0 Å². The third-order valence-electron chi connectivity index (χ3n) is 4.68. The highest BCUT2D eigenvalue weighted by Gasteiger charge is 2.28. The van der Waals surface area contributed by atoms with E-state index in [-0.39, 0.29) is 18.7 Å². The van der Waals surface area contributed by atoms with Gasteiger partial charge in [-0.3, -0.25) is 0 Å². The normalized spacial score (nSPS) is 15.6. The topological polar surface area (TPSA) is 84.2 Å². The number of nitrogens with zero attached hydrogens (tertiary/aromatic N) is 6. The summed E-state index contributed by atoms with van der Waals surface area (Å²) in [5.74, 6) is -0.706. The highest BCUT2D eigenvalue weighted by molar-refractivity contribution is 7.88. The van der Waals surface area contributed by atoms with Gasteiger partial charge in [0, 0.05) is 50.2 Å². The first-order valence-corrected chi connectivity index (χ1v) is 10.5. The highest BCUT2D eigenvalue weighted by atomic mass is 32.2. The first-order chi connectivity index (χ1) is 13.9. The summed E-state index contributed by atoms with van der Waals surface area (Å²) in [5.41, 5.74) is -0.174. The molecule has 1 fully saturated rings. The van der Waals surface area contributed by atoms with Gasteiger partial charge in [0.15, 0.2) is 5.82 Å². The third kappa shape index (κ3) is 4.25. The minimum atomic E-state index is -3.77. The van der Waals surface area contributed by atoms with Crippen LogP contribution < -0.4 is 4.90 Å². The van der Waals surface area contributed by atoms with Crippen LogP contribution in [0.25, 0.3) is 5.82 Å². The van der Waals surface area contributed by atoms with Gasteiger partial charge in [-0.25, -0.2) is 31.8 Å². The van der Waals surface area contributed by atoms with Crippen LogP contribution in [0.15, 0.2) is 49.1 Å². The Morgan fingerprint density at radius 1 is 1.00 bits per heavy atom. The van der Waals surface area contributed by atoms with Gasteiger partial charge >= 0.3 is 0 Å². The monoisotopic (exact) mass is 420 g/mol. The Balaban J connectivity index is 1.44. The van der Waals surface area contributed by atoms with Gasteiger partial charge in [-0.2, -0.15) is 9.40 Å². The van der Waals surface area contributed by atoms with E-state index >= 15 is 0 Å². The summed E-state index contributed by atoms with van der Waals surface area (Å²) in [4.78, 5) is 10.4. The molecule has 3 aromatic rings. The van der Waals surface area contributed by atoms with E-state index in [4.69, 9.17) is 0 Å². The molecule has 8 nitrogen and oxygen atoms in total. The molecular formula is C18H18F2N6O2S. The predicted molar refractivity (Wildman–Crippen MR) is 102 cm³/mol. The second kappa shape index (κ2) is 7.84. The fraction of sp³-hybridized carbons (Fsp3) is 0.278. The third-order valence-corrected chi connectivity index (χ3v) is 6.51. The maximum Gasteiger partial charge on any atom is 0.218 e. The minimum absolute atomic E-state index is 0.174. The zero-order valence-electron chi connectivity index (χ0n) is 15.3. The number of benzene rings is 1. The Hall–Kier alpha value is -2.92. The second-order valence-corrected chi connectivity index (χ2v) is 8.53. The molecule has 1 aromatic carbocycles. The van der Waals surface area contributed by atoms with E-state index in [0.717, 1.165) is 18.2 Å². The number of piperazine rings is 1. The number of aromatic nitrogens is 4. The molecule has 0 atom stereocenters. The summed E-state index contributed by atoms with van der Waals surface area (Å²) in [6.07, 6.45) is 4.84. The molecule has 3 heterocycles. The number of halogens is 2. The lowest BCUT2D eigenvalue weighted by molar-refractivity contribution is 0.382. The van der Waals surface area contributed by atoms with Gasteiger partial charge in [-0.1, -0.05) is 0 Å². The van der Waals surface area contributed by atoms with Crippen LogP contribution in [-0.2, 0) is 15.8 Å². The summed E-state index contributed by atoms with van der Waals surface area (Å²) in [6.45, 7) is 1.28. The van der Waals surface area contributed by atoms with Crippen LogP contribution in [0.1, 0.15) is 5.56 Å². The number of rotatable bonds is 5. The first kappa shape index (κ1) is 19.4. The molecule has 29 heavy (non-hydrogen) atoms. The van der Waals surface area contributed by atoms with E-state index in [1.807, 2.05) is 4.90 Å². The lowest BCUT2D eigenvalue weighted by Gasteiger charge is -2.34. The lowest BCUT2D eigenvalue weighted by Crippen LogP contribution is -2.49. The van der Waals surface area contributed by atoms with Gasteiger partial charge in [0.2, 0.25) is 10.0 Å². The first-order valence-electron chi connectivity index (χ1n) is 8.91. The molecule has 0 aliphatic carbocycles. The molecule has 1 saturated heterocycles. The second-order valence-electron chi connectivity index (χ2n) is 6.56. The van der Waals surface area contributed by atoms with Crippen molar-refractivity contribution in [1.82, 2.24) is 24.1 Å². The SMILES string of the molecule is O=S(=O)(Cc1cc(F)ccc1F)N1CCN(c2cc(-n3cccn3)ncn2)CC1. The van der Waals surface area contributed by atoms with Crippen molar-refractivity contribution in [2.45, 2.75) is 5.75 Å². The van der Waals surface area contributed by atoms with Crippen LogP contribution in [0.2, 0.25) is 0 Å². The van der Waals surface area contributed by atoms with E-state index in [2.05, 4.69) is 15.1 Å². The van der Waals surface area contributed by atoms with Crippen LogP contribution in [0, 0.1) is 11.6 Å². The van der Waals surface area contributed by atoms with Gasteiger partial charge in [0.1, 0.15) is 23.8 Å². The Kier molecular flexibility index (Phi) is 5.24. The molecule has 0 N–H and O–H groups in total. The summed E-state index contributed by atoms with van der Waals surface area (Å²) in [5, 5.41) is 4.13. The van der Waals surface area contributed by atoms with E-state index in [1.54, 1.807) is 29.2 Å². The van der Waals surface area contributed by atoms with Crippen LogP contribution in [0.5, 0.6) is 0 Å². The molecule has 4 rings (SSSR count). The molecule has 2 aromatic heterocycles. The molecular weight excluding hydrogens is 402 g/mol. The van der Waals surface area contributed by atoms with Crippen molar-refractivity contribution in [2.24, 2.45) is 0 Å². The van der Waals surface area contributed by atoms with Gasteiger partial charge in [-0.05, 0) is 24.3 Å². The maximum atomic E-state index is 13.8. The zero-order valence-corrected chi connectivity index (χ0v) is 16.1. The summed E-state index contributed by atoms with van der Waals surface area (Å²) in [6, 6.07) is 6.38. The average molecular weight is 420 g/mol. The molecule has 0 amide bonds. The molecule has 1 aliphatic heterocycles. The summed E-state index contributed by atoms with van der Waals surface area (Å²) in [7, 11) is -3.77. The van der Waals surface area contributed by atoms with Gasteiger partial charge in [-0.15, -0.1) is 0 Å². The van der Waals surface area contributed by atoms with Gasteiger partial charge in [0.25, 0.3) is 0 Å². The molecule has 0 unspecified atom stereocenters. The van der Waals surface area contributed by atoms with Crippen molar-refractivity contribution in [1.29, 1.82) is 0 Å². The van der Waals surface area contributed by atoms with Crippen LogP contribution >= 0.6 is 0 Å². The molecule has 0 bridgehead atoms. The molecule has 11 heteroatoms. The molecule has 0 saturated carbocycles. The largest absolute Gasteiger partial charge is 0.354 e. The number of sulfonamides is 1. The summed E-state index contributed by atoms with van der Waals surface area (Å²) < 4.78 is 55.4. The van der Waals surface area contributed by atoms with Gasteiger partial charge in [0.05, 0.1) is 5.75 Å². The lowest BCUT2D eigenvalue weighted by atomic mass is 10.2. The Morgan fingerprint density at radius 2 is 1.76 bits per heavy atom. The van der Waals surface area contributed by atoms with Crippen LogP contribution in [-0.4, -0.2) is 58.7 Å². The van der Waals surface area contributed by atoms with Crippen LogP contribution in [0.4, 0.5) is 14.6 Å². The Bertz CT molecular complexity index is 1100. The van der Waals surface area contributed by atoms with Gasteiger partial charge < -0.3 is 4.90 Å². The quantitative estimate of drug-likeness (QED) is 0.623.